The van der Waals surface area contributed by atoms with Crippen molar-refractivity contribution in [2.24, 2.45) is 0 Å². The summed E-state index contributed by atoms with van der Waals surface area (Å²) in [5.41, 5.74) is 0.310. The Bertz CT molecular complexity index is 842. The summed E-state index contributed by atoms with van der Waals surface area (Å²) in [5.74, 6) is 0.0483. The monoisotopic (exact) mass is 355 g/mol. The van der Waals surface area contributed by atoms with E-state index in [-0.39, 0.29) is 23.3 Å². The molecular weight excluding hydrogens is 337 g/mol. The van der Waals surface area contributed by atoms with Crippen LogP contribution in [0.25, 0.3) is 0 Å². The van der Waals surface area contributed by atoms with E-state index in [0.29, 0.717) is 11.5 Å². The number of methoxy groups -OCH3 is 1. The summed E-state index contributed by atoms with van der Waals surface area (Å²) < 4.78 is 45.2. The van der Waals surface area contributed by atoms with Crippen molar-refractivity contribution in [2.75, 3.05) is 26.1 Å². The van der Waals surface area contributed by atoms with Crippen LogP contribution in [0.15, 0.2) is 23.1 Å². The van der Waals surface area contributed by atoms with Gasteiger partial charge in [0.25, 0.3) is 0 Å². The second kappa shape index (κ2) is 7.05. The fraction of sp³-hybridized carbons (Fsp3) is 0.357. The van der Waals surface area contributed by atoms with Crippen LogP contribution in [0.1, 0.15) is 11.4 Å². The van der Waals surface area contributed by atoms with Crippen molar-refractivity contribution < 1.29 is 17.5 Å². The average molecular weight is 355 g/mol. The van der Waals surface area contributed by atoms with E-state index in [4.69, 9.17) is 4.74 Å². The second-order valence-electron chi connectivity index (χ2n) is 5.17. The Hall–Kier alpha value is -2.33. The van der Waals surface area contributed by atoms with E-state index < -0.39 is 15.8 Å². The summed E-state index contributed by atoms with van der Waals surface area (Å²) in [6.07, 6.45) is 0. The largest absolute Gasteiger partial charge is 0.467 e. The normalized spacial score (nSPS) is 11.4. The molecular formula is C14H18FN5O3S. The van der Waals surface area contributed by atoms with Gasteiger partial charge >= 0.3 is 6.01 Å². The smallest absolute Gasteiger partial charge is 0.321 e. The number of rotatable bonds is 6. The fourth-order valence-electron chi connectivity index (χ4n) is 1.91. The molecule has 0 saturated carbocycles. The maximum Gasteiger partial charge on any atom is 0.321 e. The maximum absolute atomic E-state index is 13.1. The van der Waals surface area contributed by atoms with Crippen LogP contribution in [-0.2, 0) is 16.6 Å². The minimum atomic E-state index is -3.83. The van der Waals surface area contributed by atoms with Gasteiger partial charge in [-0.15, -0.1) is 0 Å². The Balaban J connectivity index is 2.24. The molecule has 24 heavy (non-hydrogen) atoms. The summed E-state index contributed by atoms with van der Waals surface area (Å²) in [7, 11) is 1.06. The van der Waals surface area contributed by atoms with Crippen molar-refractivity contribution in [3.8, 4) is 6.01 Å². The number of anilines is 1. The van der Waals surface area contributed by atoms with Gasteiger partial charge in [0, 0.05) is 14.1 Å². The van der Waals surface area contributed by atoms with Crippen LogP contribution in [0.4, 0.5) is 10.3 Å². The lowest BCUT2D eigenvalue weighted by atomic mass is 10.2. The number of aromatic nitrogens is 3. The van der Waals surface area contributed by atoms with Crippen molar-refractivity contribution in [2.45, 2.75) is 18.4 Å². The van der Waals surface area contributed by atoms with E-state index in [1.54, 1.807) is 19.0 Å². The molecule has 0 radical (unpaired) electrons. The number of halogens is 1. The van der Waals surface area contributed by atoms with Gasteiger partial charge in [-0.3, -0.25) is 0 Å². The lowest BCUT2D eigenvalue weighted by Gasteiger charge is -2.13. The van der Waals surface area contributed by atoms with Crippen LogP contribution in [0.2, 0.25) is 0 Å². The summed E-state index contributed by atoms with van der Waals surface area (Å²) in [5, 5.41) is 0. The highest BCUT2D eigenvalue weighted by atomic mass is 32.2. The SMILES string of the molecule is COc1nc(CNS(=O)(=O)c2ccc(F)cc2C)nc(N(C)C)n1. The zero-order valence-electron chi connectivity index (χ0n) is 13.7. The minimum absolute atomic E-state index is 0.00208. The number of hydrogen-bond acceptors (Lipinski definition) is 7. The van der Waals surface area contributed by atoms with Gasteiger partial charge < -0.3 is 9.64 Å². The molecule has 1 N–H and O–H groups in total. The molecule has 10 heteroatoms. The molecule has 0 unspecified atom stereocenters. The van der Waals surface area contributed by atoms with Crippen molar-refractivity contribution in [1.82, 2.24) is 19.7 Å². The molecule has 8 nitrogen and oxygen atoms in total. The maximum atomic E-state index is 13.1. The standard InChI is InChI=1S/C14H18FN5O3S/c1-9-7-10(15)5-6-11(9)24(21,22)16-8-12-17-13(20(2)3)19-14(18-12)23-4/h5-7,16H,8H2,1-4H3. The summed E-state index contributed by atoms with van der Waals surface area (Å²) in [6, 6.07) is 3.55. The van der Waals surface area contributed by atoms with Crippen molar-refractivity contribution in [3.63, 3.8) is 0 Å². The molecule has 0 spiro atoms. The summed E-state index contributed by atoms with van der Waals surface area (Å²) >= 11 is 0. The quantitative estimate of drug-likeness (QED) is 0.821. The van der Waals surface area contributed by atoms with Crippen molar-refractivity contribution in [3.05, 3.63) is 35.4 Å². The molecule has 0 aliphatic carbocycles. The van der Waals surface area contributed by atoms with E-state index in [0.717, 1.165) is 12.1 Å². The van der Waals surface area contributed by atoms with Gasteiger partial charge in [-0.1, -0.05) is 0 Å². The zero-order valence-corrected chi connectivity index (χ0v) is 14.6. The second-order valence-corrected chi connectivity index (χ2v) is 6.90. The predicted octanol–water partition coefficient (Wildman–Crippen LogP) is 0.872. The molecule has 2 rings (SSSR count). The Morgan fingerprint density at radius 1 is 1.25 bits per heavy atom. The third kappa shape index (κ3) is 4.15. The first-order valence-corrected chi connectivity index (χ1v) is 8.43. The van der Waals surface area contributed by atoms with Crippen molar-refractivity contribution >= 4 is 16.0 Å². The number of aryl methyl sites for hydroxylation is 1. The van der Waals surface area contributed by atoms with E-state index >= 15 is 0 Å². The van der Waals surface area contributed by atoms with Gasteiger partial charge in [0.05, 0.1) is 18.6 Å². The van der Waals surface area contributed by atoms with Crippen LogP contribution < -0.4 is 14.4 Å². The fourth-order valence-corrected chi connectivity index (χ4v) is 3.11. The van der Waals surface area contributed by atoms with E-state index in [1.807, 2.05) is 0 Å². The highest BCUT2D eigenvalue weighted by molar-refractivity contribution is 7.89. The van der Waals surface area contributed by atoms with Gasteiger partial charge in [0.1, 0.15) is 5.82 Å². The highest BCUT2D eigenvalue weighted by Gasteiger charge is 2.18. The Kier molecular flexibility index (Phi) is 5.30. The third-order valence-corrected chi connectivity index (χ3v) is 4.64. The molecule has 0 aliphatic rings. The van der Waals surface area contributed by atoms with Gasteiger partial charge in [0.2, 0.25) is 16.0 Å². The predicted molar refractivity (Wildman–Crippen MR) is 85.9 cm³/mol. The average Bonchev–Trinajstić information content (AvgIpc) is 2.52. The Morgan fingerprint density at radius 2 is 1.96 bits per heavy atom. The molecule has 1 heterocycles. The molecule has 0 aliphatic heterocycles. The number of nitrogens with one attached hydrogen (secondary N) is 1. The third-order valence-electron chi connectivity index (χ3n) is 3.08. The number of hydrogen-bond donors (Lipinski definition) is 1. The van der Waals surface area contributed by atoms with Gasteiger partial charge in [-0.05, 0) is 30.7 Å². The summed E-state index contributed by atoms with van der Waals surface area (Å²) in [4.78, 5) is 13.8. The van der Waals surface area contributed by atoms with Crippen LogP contribution >= 0.6 is 0 Å². The number of nitrogens with zero attached hydrogens (tertiary/aromatic N) is 4. The molecule has 1 aromatic heterocycles. The first-order chi connectivity index (χ1) is 11.2. The Morgan fingerprint density at radius 3 is 2.54 bits per heavy atom. The molecule has 0 amide bonds. The van der Waals surface area contributed by atoms with Gasteiger partial charge in [-0.25, -0.2) is 17.5 Å². The van der Waals surface area contributed by atoms with Crippen LogP contribution in [-0.4, -0.2) is 44.6 Å². The molecule has 2 aromatic rings. The van der Waals surface area contributed by atoms with Crippen molar-refractivity contribution in [1.29, 1.82) is 0 Å². The highest BCUT2D eigenvalue weighted by Crippen LogP contribution is 2.16. The molecule has 1 aromatic carbocycles. The lowest BCUT2D eigenvalue weighted by Crippen LogP contribution is -2.26. The number of benzene rings is 1. The number of ether oxygens (including phenoxy) is 1. The molecule has 0 fully saturated rings. The topological polar surface area (TPSA) is 97.3 Å². The first kappa shape index (κ1) is 18.0. The minimum Gasteiger partial charge on any atom is -0.467 e. The summed E-state index contributed by atoms with van der Waals surface area (Å²) in [6.45, 7) is 1.37. The van der Waals surface area contributed by atoms with E-state index in [2.05, 4.69) is 19.7 Å². The van der Waals surface area contributed by atoms with Crippen LogP contribution in [0, 0.1) is 12.7 Å². The number of sulfonamides is 1. The molecule has 0 atom stereocenters. The zero-order chi connectivity index (χ0) is 17.9. The van der Waals surface area contributed by atoms with Crippen LogP contribution in [0.5, 0.6) is 6.01 Å². The van der Waals surface area contributed by atoms with E-state index in [9.17, 15) is 12.8 Å². The molecule has 0 saturated heterocycles. The van der Waals surface area contributed by atoms with E-state index in [1.165, 1.54) is 20.1 Å². The Labute approximate surface area is 139 Å². The molecule has 0 bridgehead atoms. The van der Waals surface area contributed by atoms with Gasteiger partial charge in [0.15, 0.2) is 5.82 Å². The van der Waals surface area contributed by atoms with Crippen LogP contribution in [0.3, 0.4) is 0 Å². The van der Waals surface area contributed by atoms with Gasteiger partial charge in [-0.2, -0.15) is 15.0 Å². The first-order valence-electron chi connectivity index (χ1n) is 6.95. The lowest BCUT2D eigenvalue weighted by molar-refractivity contribution is 0.375. The molecule has 130 valence electrons.